The Hall–Kier alpha value is -1.55. The zero-order valence-electron chi connectivity index (χ0n) is 15.3. The standard InChI is InChI=1S/C21H30N2OS/c1-24-17-14-12-16(13-15-17)20-18-10-8-6-4-2-3-5-7-9-11-19(18)22-21(25)23-20/h12-15,20H,2-11H2,1H3,(H2,22,23,25). The van der Waals surface area contributed by atoms with Gasteiger partial charge in [0.25, 0.3) is 0 Å². The molecule has 0 saturated carbocycles. The number of benzene rings is 1. The summed E-state index contributed by atoms with van der Waals surface area (Å²) in [6.07, 6.45) is 13.0. The summed E-state index contributed by atoms with van der Waals surface area (Å²) in [5.41, 5.74) is 4.13. The second-order valence-electron chi connectivity index (χ2n) is 7.14. The van der Waals surface area contributed by atoms with Crippen molar-refractivity contribution in [2.24, 2.45) is 0 Å². The Kier molecular flexibility index (Phi) is 6.74. The molecule has 136 valence electrons. The van der Waals surface area contributed by atoms with Gasteiger partial charge in [-0.2, -0.15) is 0 Å². The summed E-state index contributed by atoms with van der Waals surface area (Å²) in [7, 11) is 1.71. The predicted molar refractivity (Wildman–Crippen MR) is 108 cm³/mol. The third-order valence-electron chi connectivity index (χ3n) is 5.35. The van der Waals surface area contributed by atoms with Crippen LogP contribution in [0.4, 0.5) is 0 Å². The van der Waals surface area contributed by atoms with Crippen LogP contribution in [0.3, 0.4) is 0 Å². The lowest BCUT2D eigenvalue weighted by Gasteiger charge is -2.33. The molecular weight excluding hydrogens is 328 g/mol. The van der Waals surface area contributed by atoms with Crippen molar-refractivity contribution in [3.8, 4) is 5.75 Å². The molecule has 0 amide bonds. The molecule has 1 aliphatic carbocycles. The third-order valence-corrected chi connectivity index (χ3v) is 5.57. The van der Waals surface area contributed by atoms with E-state index in [9.17, 15) is 0 Å². The van der Waals surface area contributed by atoms with Crippen molar-refractivity contribution in [1.82, 2.24) is 10.6 Å². The number of allylic oxidation sites excluding steroid dienone is 1. The molecule has 0 spiro atoms. The van der Waals surface area contributed by atoms with E-state index in [0.717, 1.165) is 23.7 Å². The van der Waals surface area contributed by atoms with E-state index >= 15 is 0 Å². The molecule has 0 fully saturated rings. The Bertz CT molecular complexity index is 609. The molecular formula is C21H30N2OS. The van der Waals surface area contributed by atoms with Gasteiger partial charge in [-0.15, -0.1) is 0 Å². The van der Waals surface area contributed by atoms with Crippen LogP contribution < -0.4 is 15.4 Å². The predicted octanol–water partition coefficient (Wildman–Crippen LogP) is 5.38. The Morgan fingerprint density at radius 3 is 2.12 bits per heavy atom. The van der Waals surface area contributed by atoms with Gasteiger partial charge in [0.1, 0.15) is 5.75 Å². The lowest BCUT2D eigenvalue weighted by molar-refractivity contribution is 0.414. The van der Waals surface area contributed by atoms with Gasteiger partial charge >= 0.3 is 0 Å². The van der Waals surface area contributed by atoms with Gasteiger partial charge in [-0.25, -0.2) is 0 Å². The molecule has 1 unspecified atom stereocenters. The molecule has 0 radical (unpaired) electrons. The van der Waals surface area contributed by atoms with Crippen LogP contribution >= 0.6 is 12.2 Å². The van der Waals surface area contributed by atoms with Crippen LogP contribution in [0.15, 0.2) is 35.5 Å². The van der Waals surface area contributed by atoms with Crippen molar-refractivity contribution in [2.45, 2.75) is 70.3 Å². The highest BCUT2D eigenvalue weighted by Crippen LogP contribution is 2.33. The SMILES string of the molecule is COc1ccc(C2NC(=S)NC3=C2CCCCCCCCCC3)cc1. The summed E-state index contributed by atoms with van der Waals surface area (Å²) in [5.74, 6) is 0.896. The Labute approximate surface area is 157 Å². The summed E-state index contributed by atoms with van der Waals surface area (Å²) >= 11 is 5.51. The van der Waals surface area contributed by atoms with Gasteiger partial charge in [0.05, 0.1) is 13.2 Å². The van der Waals surface area contributed by atoms with E-state index in [4.69, 9.17) is 17.0 Å². The van der Waals surface area contributed by atoms with Crippen LogP contribution in [0.2, 0.25) is 0 Å². The largest absolute Gasteiger partial charge is 0.497 e. The maximum absolute atomic E-state index is 5.51. The number of rotatable bonds is 2. The minimum absolute atomic E-state index is 0.192. The summed E-state index contributed by atoms with van der Waals surface area (Å²) in [6.45, 7) is 0. The molecule has 0 saturated heterocycles. The number of methoxy groups -OCH3 is 1. The molecule has 4 heteroatoms. The van der Waals surface area contributed by atoms with Gasteiger partial charge < -0.3 is 15.4 Å². The van der Waals surface area contributed by atoms with Gasteiger partial charge in [0.2, 0.25) is 0 Å². The van der Waals surface area contributed by atoms with Crippen molar-refractivity contribution in [2.75, 3.05) is 7.11 Å². The van der Waals surface area contributed by atoms with Gasteiger partial charge in [-0.3, -0.25) is 0 Å². The Morgan fingerprint density at radius 2 is 1.48 bits per heavy atom. The van der Waals surface area contributed by atoms with Gasteiger partial charge in [0.15, 0.2) is 5.11 Å². The zero-order valence-corrected chi connectivity index (χ0v) is 16.1. The van der Waals surface area contributed by atoms with Crippen LogP contribution in [0.25, 0.3) is 0 Å². The minimum Gasteiger partial charge on any atom is -0.497 e. The van der Waals surface area contributed by atoms with Gasteiger partial charge in [-0.05, 0) is 61.2 Å². The molecule has 3 rings (SSSR count). The summed E-state index contributed by atoms with van der Waals surface area (Å²) in [4.78, 5) is 0. The summed E-state index contributed by atoms with van der Waals surface area (Å²) in [6, 6.07) is 8.59. The van der Waals surface area contributed by atoms with Crippen molar-refractivity contribution in [1.29, 1.82) is 0 Å². The van der Waals surface area contributed by atoms with E-state index in [0.29, 0.717) is 0 Å². The second kappa shape index (κ2) is 9.23. The molecule has 2 aliphatic rings. The van der Waals surface area contributed by atoms with Crippen molar-refractivity contribution >= 4 is 17.3 Å². The van der Waals surface area contributed by atoms with E-state index in [1.807, 2.05) is 12.1 Å². The van der Waals surface area contributed by atoms with Crippen molar-refractivity contribution in [3.05, 3.63) is 41.1 Å². The molecule has 1 aliphatic heterocycles. The average molecular weight is 359 g/mol. The molecule has 1 atom stereocenters. The van der Waals surface area contributed by atoms with E-state index in [2.05, 4.69) is 22.8 Å². The first-order valence-corrected chi connectivity index (χ1v) is 10.1. The summed E-state index contributed by atoms with van der Waals surface area (Å²) < 4.78 is 5.31. The molecule has 2 N–H and O–H groups in total. The second-order valence-corrected chi connectivity index (χ2v) is 7.55. The van der Waals surface area contributed by atoms with Crippen LogP contribution in [0, 0.1) is 0 Å². The lowest BCUT2D eigenvalue weighted by Crippen LogP contribution is -2.44. The fourth-order valence-corrected chi connectivity index (χ4v) is 4.16. The summed E-state index contributed by atoms with van der Waals surface area (Å²) in [5, 5.41) is 7.73. The first-order valence-electron chi connectivity index (χ1n) is 9.71. The number of thiocarbonyl (C=S) groups is 1. The fraction of sp³-hybridized carbons (Fsp3) is 0.571. The van der Waals surface area contributed by atoms with Crippen LogP contribution in [0.5, 0.6) is 5.75 Å². The molecule has 25 heavy (non-hydrogen) atoms. The maximum atomic E-state index is 5.51. The van der Waals surface area contributed by atoms with Crippen molar-refractivity contribution in [3.63, 3.8) is 0 Å². The van der Waals surface area contributed by atoms with Crippen LogP contribution in [-0.4, -0.2) is 12.2 Å². The van der Waals surface area contributed by atoms with Gasteiger partial charge in [0, 0.05) is 5.70 Å². The van der Waals surface area contributed by atoms with Gasteiger partial charge in [-0.1, -0.05) is 50.7 Å². The third kappa shape index (κ3) is 4.97. The monoisotopic (exact) mass is 358 g/mol. The highest BCUT2D eigenvalue weighted by atomic mass is 32.1. The number of nitrogens with one attached hydrogen (secondary N) is 2. The lowest BCUT2D eigenvalue weighted by atomic mass is 9.89. The van der Waals surface area contributed by atoms with Crippen LogP contribution in [0.1, 0.15) is 75.8 Å². The number of ether oxygens (including phenoxy) is 1. The molecule has 1 aromatic carbocycles. The average Bonchev–Trinajstić information content (AvgIpc) is 2.62. The first-order chi connectivity index (χ1) is 12.3. The topological polar surface area (TPSA) is 33.3 Å². The number of hydrogen-bond acceptors (Lipinski definition) is 2. The maximum Gasteiger partial charge on any atom is 0.171 e. The van der Waals surface area contributed by atoms with E-state index in [-0.39, 0.29) is 6.04 Å². The van der Waals surface area contributed by atoms with Crippen molar-refractivity contribution < 1.29 is 4.74 Å². The highest BCUT2D eigenvalue weighted by Gasteiger charge is 2.26. The smallest absolute Gasteiger partial charge is 0.171 e. The fourth-order valence-electron chi connectivity index (χ4n) is 3.92. The van der Waals surface area contributed by atoms with E-state index < -0.39 is 0 Å². The Morgan fingerprint density at radius 1 is 0.880 bits per heavy atom. The first kappa shape index (κ1) is 18.2. The molecule has 3 nitrogen and oxygen atoms in total. The minimum atomic E-state index is 0.192. The Balaban J connectivity index is 1.86. The molecule has 0 bridgehead atoms. The molecule has 0 aromatic heterocycles. The molecule has 1 heterocycles. The van der Waals surface area contributed by atoms with Crippen LogP contribution in [-0.2, 0) is 0 Å². The highest BCUT2D eigenvalue weighted by molar-refractivity contribution is 7.80. The number of hydrogen-bond donors (Lipinski definition) is 2. The van der Waals surface area contributed by atoms with E-state index in [1.54, 1.807) is 7.11 Å². The quantitative estimate of drug-likeness (QED) is 0.695. The van der Waals surface area contributed by atoms with E-state index in [1.165, 1.54) is 68.2 Å². The normalized spacial score (nSPS) is 22.8. The molecule has 1 aromatic rings. The zero-order chi connectivity index (χ0) is 17.5.